The molecule has 1 unspecified atom stereocenters. The molecule has 2 N–H and O–H groups in total. The standard InChI is InChI=1S/C4H10N2O/c1-4(7)3-6-5-2/h3-5,7H,1-2H3/b6-3-. The van der Waals surface area contributed by atoms with E-state index in [2.05, 4.69) is 10.5 Å². The van der Waals surface area contributed by atoms with Gasteiger partial charge in [-0.3, -0.25) is 0 Å². The fraction of sp³-hybridized carbons (Fsp3) is 0.750. The van der Waals surface area contributed by atoms with Crippen LogP contribution < -0.4 is 5.43 Å². The van der Waals surface area contributed by atoms with Crippen molar-refractivity contribution in [3.05, 3.63) is 0 Å². The lowest BCUT2D eigenvalue weighted by Gasteiger charge is -1.89. The molecule has 0 aliphatic carbocycles. The Morgan fingerprint density at radius 3 is 2.57 bits per heavy atom. The van der Waals surface area contributed by atoms with Crippen molar-refractivity contribution in [3.63, 3.8) is 0 Å². The first-order chi connectivity index (χ1) is 3.27. The van der Waals surface area contributed by atoms with Crippen LogP contribution in [-0.4, -0.2) is 24.5 Å². The summed E-state index contributed by atoms with van der Waals surface area (Å²) in [4.78, 5) is 0. The van der Waals surface area contributed by atoms with Crippen molar-refractivity contribution in [1.82, 2.24) is 5.43 Å². The maximum atomic E-state index is 8.49. The number of hydrogen-bond donors (Lipinski definition) is 2. The largest absolute Gasteiger partial charge is 0.388 e. The second-order valence-electron chi connectivity index (χ2n) is 1.24. The van der Waals surface area contributed by atoms with E-state index in [9.17, 15) is 0 Å². The van der Waals surface area contributed by atoms with E-state index in [0.717, 1.165) is 0 Å². The van der Waals surface area contributed by atoms with E-state index in [-0.39, 0.29) is 0 Å². The lowest BCUT2D eigenvalue weighted by Crippen LogP contribution is -2.04. The van der Waals surface area contributed by atoms with Crippen molar-refractivity contribution < 1.29 is 5.11 Å². The molecule has 0 fully saturated rings. The molecule has 0 rings (SSSR count). The van der Waals surface area contributed by atoms with Crippen molar-refractivity contribution >= 4 is 6.21 Å². The minimum Gasteiger partial charge on any atom is -0.388 e. The Bertz CT molecular complexity index is 60.7. The Balaban J connectivity index is 3.08. The van der Waals surface area contributed by atoms with Crippen LogP contribution in [0.5, 0.6) is 0 Å². The maximum absolute atomic E-state index is 8.49. The summed E-state index contributed by atoms with van der Waals surface area (Å²) in [5.41, 5.74) is 2.51. The van der Waals surface area contributed by atoms with Crippen LogP contribution in [0.3, 0.4) is 0 Å². The molecule has 1 atom stereocenters. The second kappa shape index (κ2) is 3.61. The molecule has 0 aromatic carbocycles. The van der Waals surface area contributed by atoms with Gasteiger partial charge in [-0.1, -0.05) is 0 Å². The Hall–Kier alpha value is -0.570. The van der Waals surface area contributed by atoms with Crippen molar-refractivity contribution in [2.75, 3.05) is 7.05 Å². The fourth-order valence-electron chi connectivity index (χ4n) is 0.182. The fourth-order valence-corrected chi connectivity index (χ4v) is 0.182. The lowest BCUT2D eigenvalue weighted by atomic mass is 10.5. The van der Waals surface area contributed by atoms with E-state index >= 15 is 0 Å². The predicted octanol–water partition coefficient (Wildman–Crippen LogP) is -0.428. The number of aliphatic hydroxyl groups excluding tert-OH is 1. The number of rotatable bonds is 2. The third-order valence-corrected chi connectivity index (χ3v) is 0.419. The molecule has 0 aliphatic heterocycles. The first-order valence-corrected chi connectivity index (χ1v) is 2.15. The quantitative estimate of drug-likeness (QED) is 0.367. The molecule has 0 aliphatic rings. The summed E-state index contributed by atoms with van der Waals surface area (Å²) in [7, 11) is 1.68. The van der Waals surface area contributed by atoms with E-state index in [0.29, 0.717) is 0 Å². The Morgan fingerprint density at radius 1 is 1.86 bits per heavy atom. The molecule has 0 bridgehead atoms. The first-order valence-electron chi connectivity index (χ1n) is 2.15. The topological polar surface area (TPSA) is 44.6 Å². The summed E-state index contributed by atoms with van der Waals surface area (Å²) in [5.74, 6) is 0. The van der Waals surface area contributed by atoms with Crippen LogP contribution in [0.15, 0.2) is 5.10 Å². The molecule has 0 radical (unpaired) electrons. The summed E-state index contributed by atoms with van der Waals surface area (Å²) in [5, 5.41) is 12.0. The molecule has 3 heteroatoms. The average molecular weight is 102 g/mol. The van der Waals surface area contributed by atoms with Gasteiger partial charge in [0.15, 0.2) is 0 Å². The Kier molecular flexibility index (Phi) is 3.32. The predicted molar refractivity (Wildman–Crippen MR) is 29.2 cm³/mol. The molecule has 7 heavy (non-hydrogen) atoms. The lowest BCUT2D eigenvalue weighted by molar-refractivity contribution is 0.266. The molecule has 0 saturated carbocycles. The van der Waals surface area contributed by atoms with E-state index in [4.69, 9.17) is 5.11 Å². The third kappa shape index (κ3) is 5.43. The molecular formula is C4H10N2O. The smallest absolute Gasteiger partial charge is 0.0880 e. The molecule has 0 amide bonds. The van der Waals surface area contributed by atoms with Crippen LogP contribution in [0.4, 0.5) is 0 Å². The number of nitrogens with one attached hydrogen (secondary N) is 1. The van der Waals surface area contributed by atoms with Gasteiger partial charge in [0, 0.05) is 7.05 Å². The third-order valence-electron chi connectivity index (χ3n) is 0.419. The molecule has 0 heterocycles. The van der Waals surface area contributed by atoms with Gasteiger partial charge in [0.2, 0.25) is 0 Å². The van der Waals surface area contributed by atoms with E-state index in [1.54, 1.807) is 14.0 Å². The Morgan fingerprint density at radius 2 is 2.43 bits per heavy atom. The van der Waals surface area contributed by atoms with Gasteiger partial charge in [-0.2, -0.15) is 5.10 Å². The molecule has 0 spiro atoms. The summed E-state index contributed by atoms with van der Waals surface area (Å²) < 4.78 is 0. The van der Waals surface area contributed by atoms with Crippen LogP contribution >= 0.6 is 0 Å². The minimum absolute atomic E-state index is 0.451. The minimum atomic E-state index is -0.451. The van der Waals surface area contributed by atoms with Crippen LogP contribution in [0.2, 0.25) is 0 Å². The zero-order chi connectivity index (χ0) is 5.70. The number of nitrogens with zero attached hydrogens (tertiary/aromatic N) is 1. The second-order valence-corrected chi connectivity index (χ2v) is 1.24. The molecule has 0 aromatic rings. The summed E-state index contributed by atoms with van der Waals surface area (Å²) >= 11 is 0. The number of hydrogen-bond acceptors (Lipinski definition) is 3. The van der Waals surface area contributed by atoms with Crippen molar-refractivity contribution in [2.24, 2.45) is 5.10 Å². The van der Waals surface area contributed by atoms with Crippen LogP contribution in [0, 0.1) is 0 Å². The molecular weight excluding hydrogens is 92.1 g/mol. The number of hydrazone groups is 1. The van der Waals surface area contributed by atoms with Gasteiger partial charge in [0.05, 0.1) is 12.3 Å². The van der Waals surface area contributed by atoms with E-state index in [1.807, 2.05) is 0 Å². The highest BCUT2D eigenvalue weighted by Crippen LogP contribution is 1.67. The first kappa shape index (κ1) is 6.43. The number of aliphatic hydroxyl groups is 1. The van der Waals surface area contributed by atoms with Gasteiger partial charge in [0.25, 0.3) is 0 Å². The summed E-state index contributed by atoms with van der Waals surface area (Å²) in [6, 6.07) is 0. The maximum Gasteiger partial charge on any atom is 0.0880 e. The molecule has 3 nitrogen and oxygen atoms in total. The van der Waals surface area contributed by atoms with Gasteiger partial charge in [0.1, 0.15) is 0 Å². The summed E-state index contributed by atoms with van der Waals surface area (Å²) in [6.45, 7) is 1.64. The van der Waals surface area contributed by atoms with Gasteiger partial charge in [-0.25, -0.2) is 0 Å². The van der Waals surface area contributed by atoms with Crippen molar-refractivity contribution in [1.29, 1.82) is 0 Å². The van der Waals surface area contributed by atoms with Crippen molar-refractivity contribution in [3.8, 4) is 0 Å². The summed E-state index contributed by atoms with van der Waals surface area (Å²) in [6.07, 6.45) is 0.965. The van der Waals surface area contributed by atoms with Crippen molar-refractivity contribution in [2.45, 2.75) is 13.0 Å². The monoisotopic (exact) mass is 102 g/mol. The van der Waals surface area contributed by atoms with Gasteiger partial charge >= 0.3 is 0 Å². The average Bonchev–Trinajstić information content (AvgIpc) is 1.61. The normalized spacial score (nSPS) is 14.7. The highest BCUT2D eigenvalue weighted by Gasteiger charge is 1.81. The molecule has 0 aromatic heterocycles. The van der Waals surface area contributed by atoms with Crippen LogP contribution in [-0.2, 0) is 0 Å². The van der Waals surface area contributed by atoms with Gasteiger partial charge < -0.3 is 10.5 Å². The van der Waals surface area contributed by atoms with Gasteiger partial charge in [-0.15, -0.1) is 0 Å². The van der Waals surface area contributed by atoms with Crippen LogP contribution in [0.1, 0.15) is 6.92 Å². The zero-order valence-electron chi connectivity index (χ0n) is 4.55. The highest BCUT2D eigenvalue weighted by molar-refractivity contribution is 5.61. The van der Waals surface area contributed by atoms with E-state index < -0.39 is 6.10 Å². The van der Waals surface area contributed by atoms with Crippen LogP contribution in [0.25, 0.3) is 0 Å². The Labute approximate surface area is 43.0 Å². The molecule has 0 saturated heterocycles. The van der Waals surface area contributed by atoms with E-state index in [1.165, 1.54) is 6.21 Å². The SMILES string of the molecule is CN/N=C\C(C)O. The molecule has 42 valence electrons. The highest BCUT2D eigenvalue weighted by atomic mass is 16.3. The van der Waals surface area contributed by atoms with Gasteiger partial charge in [-0.05, 0) is 6.92 Å². The zero-order valence-corrected chi connectivity index (χ0v) is 4.55.